The third kappa shape index (κ3) is 2.55. The highest BCUT2D eigenvalue weighted by Crippen LogP contribution is 2.24. The van der Waals surface area contributed by atoms with Gasteiger partial charge in [-0.25, -0.2) is 8.78 Å². The van der Waals surface area contributed by atoms with Gasteiger partial charge in [-0.1, -0.05) is 6.07 Å². The predicted octanol–water partition coefficient (Wildman–Crippen LogP) is 3.82. The lowest BCUT2D eigenvalue weighted by atomic mass is 10.0. The molecule has 2 aromatic heterocycles. The minimum atomic E-state index is -0.582. The van der Waals surface area contributed by atoms with Crippen LogP contribution in [0, 0.1) is 11.6 Å². The largest absolute Gasteiger partial charge is 0.324 e. The highest BCUT2D eigenvalue weighted by atomic mass is 32.1. The highest BCUT2D eigenvalue weighted by Gasteiger charge is 2.12. The molecular formula is C15H12F2N2S. The number of nitrogens with two attached hydrogens (primary N) is 1. The minimum Gasteiger partial charge on any atom is -0.324 e. The van der Waals surface area contributed by atoms with Gasteiger partial charge in [0.1, 0.15) is 11.6 Å². The molecule has 0 aliphatic rings. The molecule has 3 rings (SSSR count). The number of hydrogen-bond acceptors (Lipinski definition) is 3. The van der Waals surface area contributed by atoms with Gasteiger partial charge in [0.2, 0.25) is 0 Å². The summed E-state index contributed by atoms with van der Waals surface area (Å²) >= 11 is 1.59. The van der Waals surface area contributed by atoms with E-state index in [0.717, 1.165) is 21.8 Å². The molecule has 0 aliphatic heterocycles. The van der Waals surface area contributed by atoms with Gasteiger partial charge in [0.15, 0.2) is 0 Å². The number of fused-ring (bicyclic) bond motifs is 1. The van der Waals surface area contributed by atoms with Crippen molar-refractivity contribution in [3.8, 4) is 0 Å². The highest BCUT2D eigenvalue weighted by molar-refractivity contribution is 7.17. The van der Waals surface area contributed by atoms with Gasteiger partial charge < -0.3 is 5.73 Å². The van der Waals surface area contributed by atoms with Gasteiger partial charge in [-0.3, -0.25) is 4.98 Å². The molecule has 2 nitrogen and oxygen atoms in total. The summed E-state index contributed by atoms with van der Waals surface area (Å²) in [4.78, 5) is 4.32. The summed E-state index contributed by atoms with van der Waals surface area (Å²) in [6.07, 6.45) is 2.02. The van der Waals surface area contributed by atoms with Gasteiger partial charge >= 0.3 is 0 Å². The molecule has 2 heterocycles. The van der Waals surface area contributed by atoms with E-state index in [1.165, 1.54) is 12.1 Å². The molecule has 0 fully saturated rings. The normalized spacial score (nSPS) is 12.8. The average Bonchev–Trinajstić information content (AvgIpc) is 2.89. The lowest BCUT2D eigenvalue weighted by molar-refractivity contribution is 0.563. The molecule has 1 aromatic carbocycles. The molecule has 0 saturated carbocycles. The molecule has 0 radical (unpaired) electrons. The smallest absolute Gasteiger partial charge is 0.129 e. The lowest BCUT2D eigenvalue weighted by Crippen LogP contribution is -2.14. The molecule has 0 aliphatic carbocycles. The SMILES string of the molecule is NC(Cc1ccc(F)cc1F)c1cnc2ccsc2c1. The molecule has 1 atom stereocenters. The summed E-state index contributed by atoms with van der Waals surface area (Å²) in [6, 6.07) is 7.10. The second-order valence-electron chi connectivity index (χ2n) is 4.62. The van der Waals surface area contributed by atoms with Crippen molar-refractivity contribution in [2.24, 2.45) is 5.73 Å². The lowest BCUT2D eigenvalue weighted by Gasteiger charge is -2.12. The van der Waals surface area contributed by atoms with Crippen molar-refractivity contribution >= 4 is 21.6 Å². The number of pyridine rings is 1. The first-order valence-corrected chi connectivity index (χ1v) is 7.04. The maximum atomic E-state index is 13.6. The molecule has 3 aromatic rings. The van der Waals surface area contributed by atoms with E-state index >= 15 is 0 Å². The number of halogens is 2. The van der Waals surface area contributed by atoms with Crippen molar-refractivity contribution in [2.45, 2.75) is 12.5 Å². The van der Waals surface area contributed by atoms with Gasteiger partial charge in [0.25, 0.3) is 0 Å². The van der Waals surface area contributed by atoms with Gasteiger partial charge in [0.05, 0.1) is 10.2 Å². The molecule has 5 heteroatoms. The summed E-state index contributed by atoms with van der Waals surface area (Å²) in [6.45, 7) is 0. The first-order valence-electron chi connectivity index (χ1n) is 6.16. The van der Waals surface area contributed by atoms with E-state index in [1.807, 2.05) is 17.5 Å². The molecular weight excluding hydrogens is 278 g/mol. The fraction of sp³-hybridized carbons (Fsp3) is 0.133. The van der Waals surface area contributed by atoms with Crippen molar-refractivity contribution < 1.29 is 8.78 Å². The topological polar surface area (TPSA) is 38.9 Å². The maximum Gasteiger partial charge on any atom is 0.129 e. The van der Waals surface area contributed by atoms with Crippen LogP contribution in [0.4, 0.5) is 8.78 Å². The molecule has 20 heavy (non-hydrogen) atoms. The molecule has 0 saturated heterocycles. The van der Waals surface area contributed by atoms with Gasteiger partial charge in [-0.2, -0.15) is 0 Å². The standard InChI is InChI=1S/C15H12F2N2S/c16-11-2-1-9(12(17)7-11)5-13(18)10-6-15-14(19-8-10)3-4-20-15/h1-4,6-8,13H,5,18H2. The van der Waals surface area contributed by atoms with Crippen molar-refractivity contribution in [1.29, 1.82) is 0 Å². The Labute approximate surface area is 118 Å². The Kier molecular flexibility index (Phi) is 3.46. The Bertz CT molecular complexity index is 754. The van der Waals surface area contributed by atoms with Gasteiger partial charge in [-0.05, 0) is 41.1 Å². The first kappa shape index (κ1) is 13.1. The first-order chi connectivity index (χ1) is 9.63. The zero-order chi connectivity index (χ0) is 14.1. The summed E-state index contributed by atoms with van der Waals surface area (Å²) in [5, 5.41) is 1.96. The van der Waals surface area contributed by atoms with Crippen molar-refractivity contribution in [1.82, 2.24) is 4.98 Å². The van der Waals surface area contributed by atoms with E-state index in [9.17, 15) is 8.78 Å². The zero-order valence-corrected chi connectivity index (χ0v) is 11.3. The summed E-state index contributed by atoms with van der Waals surface area (Å²) < 4.78 is 27.5. The van der Waals surface area contributed by atoms with E-state index in [4.69, 9.17) is 5.73 Å². The number of benzene rings is 1. The van der Waals surface area contributed by atoms with Crippen LogP contribution < -0.4 is 5.73 Å². The van der Waals surface area contributed by atoms with Crippen LogP contribution in [0.1, 0.15) is 17.2 Å². The molecule has 1 unspecified atom stereocenters. The average molecular weight is 290 g/mol. The summed E-state index contributed by atoms with van der Waals surface area (Å²) in [5.74, 6) is -1.15. The zero-order valence-electron chi connectivity index (χ0n) is 10.5. The Morgan fingerprint density at radius 1 is 1.20 bits per heavy atom. The van der Waals surface area contributed by atoms with E-state index in [0.29, 0.717) is 12.0 Å². The second kappa shape index (κ2) is 5.26. The van der Waals surface area contributed by atoms with E-state index < -0.39 is 11.6 Å². The van der Waals surface area contributed by atoms with Crippen LogP contribution in [0.15, 0.2) is 41.9 Å². The van der Waals surface area contributed by atoms with Crippen molar-refractivity contribution in [3.05, 3.63) is 64.7 Å². The van der Waals surface area contributed by atoms with Crippen LogP contribution in [0.2, 0.25) is 0 Å². The Balaban J connectivity index is 1.86. The molecule has 2 N–H and O–H groups in total. The third-order valence-electron chi connectivity index (χ3n) is 3.21. The predicted molar refractivity (Wildman–Crippen MR) is 76.6 cm³/mol. The second-order valence-corrected chi connectivity index (χ2v) is 5.57. The summed E-state index contributed by atoms with van der Waals surface area (Å²) in [7, 11) is 0. The fourth-order valence-electron chi connectivity index (χ4n) is 2.11. The van der Waals surface area contributed by atoms with Crippen LogP contribution in [0.5, 0.6) is 0 Å². The van der Waals surface area contributed by atoms with Crippen molar-refractivity contribution in [2.75, 3.05) is 0 Å². The number of hydrogen-bond donors (Lipinski definition) is 1. The quantitative estimate of drug-likeness (QED) is 0.796. The molecule has 0 spiro atoms. The molecule has 0 amide bonds. The van der Waals surface area contributed by atoms with Crippen molar-refractivity contribution in [3.63, 3.8) is 0 Å². The minimum absolute atomic E-state index is 0.310. The fourth-order valence-corrected chi connectivity index (χ4v) is 2.90. The maximum absolute atomic E-state index is 13.6. The monoisotopic (exact) mass is 290 g/mol. The van der Waals surface area contributed by atoms with Crippen LogP contribution in [-0.2, 0) is 6.42 Å². The Hall–Kier alpha value is -1.85. The number of nitrogens with zero attached hydrogens (tertiary/aromatic N) is 1. The Morgan fingerprint density at radius 3 is 2.85 bits per heavy atom. The third-order valence-corrected chi connectivity index (χ3v) is 4.06. The number of aromatic nitrogens is 1. The summed E-state index contributed by atoms with van der Waals surface area (Å²) in [5.41, 5.74) is 8.29. The van der Waals surface area contributed by atoms with E-state index in [2.05, 4.69) is 4.98 Å². The van der Waals surface area contributed by atoms with E-state index in [-0.39, 0.29) is 6.04 Å². The van der Waals surface area contributed by atoms with Gasteiger partial charge in [-0.15, -0.1) is 11.3 Å². The molecule has 0 bridgehead atoms. The van der Waals surface area contributed by atoms with Crippen LogP contribution in [0.3, 0.4) is 0 Å². The Morgan fingerprint density at radius 2 is 2.05 bits per heavy atom. The number of thiophene rings is 1. The number of rotatable bonds is 3. The van der Waals surface area contributed by atoms with E-state index in [1.54, 1.807) is 17.5 Å². The van der Waals surface area contributed by atoms with Crippen LogP contribution >= 0.6 is 11.3 Å². The van der Waals surface area contributed by atoms with Gasteiger partial charge in [0, 0.05) is 18.3 Å². The van der Waals surface area contributed by atoms with Crippen LogP contribution in [-0.4, -0.2) is 4.98 Å². The molecule has 102 valence electrons. The van der Waals surface area contributed by atoms with Crippen LogP contribution in [0.25, 0.3) is 10.2 Å².